The molecule has 1 amide bonds. The van der Waals surface area contributed by atoms with Crippen LogP contribution in [0.5, 0.6) is 0 Å². The zero-order valence-corrected chi connectivity index (χ0v) is 12.2. The van der Waals surface area contributed by atoms with Crippen molar-refractivity contribution in [3.05, 3.63) is 70.8 Å². The van der Waals surface area contributed by atoms with Gasteiger partial charge in [0.15, 0.2) is 0 Å². The molecular weight excluding hydrogens is 260 g/mol. The highest BCUT2D eigenvalue weighted by Gasteiger charge is 2.19. The van der Waals surface area contributed by atoms with Gasteiger partial charge in [-0.1, -0.05) is 42.5 Å². The first-order valence-electron chi connectivity index (χ1n) is 7.40. The minimum Gasteiger partial charge on any atom is -0.352 e. The molecule has 2 aromatic rings. The number of nitrogens with one attached hydrogen (secondary N) is 2. The fourth-order valence-corrected chi connectivity index (χ4v) is 2.88. The summed E-state index contributed by atoms with van der Waals surface area (Å²) in [6, 6.07) is 16.9. The van der Waals surface area contributed by atoms with E-state index in [1.54, 1.807) is 0 Å². The summed E-state index contributed by atoms with van der Waals surface area (Å²) in [7, 11) is 1.97. The van der Waals surface area contributed by atoms with Crippen molar-refractivity contribution in [3.8, 4) is 0 Å². The van der Waals surface area contributed by atoms with Crippen LogP contribution in [0, 0.1) is 0 Å². The van der Waals surface area contributed by atoms with Gasteiger partial charge in [-0.2, -0.15) is 0 Å². The van der Waals surface area contributed by atoms with Crippen LogP contribution in [0.4, 0.5) is 0 Å². The monoisotopic (exact) mass is 280 g/mol. The van der Waals surface area contributed by atoms with Gasteiger partial charge in [-0.3, -0.25) is 4.79 Å². The van der Waals surface area contributed by atoms with Gasteiger partial charge >= 0.3 is 0 Å². The van der Waals surface area contributed by atoms with E-state index in [2.05, 4.69) is 47.0 Å². The summed E-state index contributed by atoms with van der Waals surface area (Å²) in [6.45, 7) is 0.741. The van der Waals surface area contributed by atoms with Crippen molar-refractivity contribution in [2.24, 2.45) is 0 Å². The lowest BCUT2D eigenvalue weighted by Gasteiger charge is -2.21. The third-order valence-corrected chi connectivity index (χ3v) is 4.09. The molecule has 0 bridgehead atoms. The molecule has 108 valence electrons. The fourth-order valence-electron chi connectivity index (χ4n) is 2.88. The Morgan fingerprint density at radius 3 is 2.76 bits per heavy atom. The molecule has 2 N–H and O–H groups in total. The lowest BCUT2D eigenvalue weighted by atomic mass is 9.93. The van der Waals surface area contributed by atoms with Gasteiger partial charge in [-0.25, -0.2) is 0 Å². The molecule has 3 rings (SSSR count). The van der Waals surface area contributed by atoms with Gasteiger partial charge < -0.3 is 10.6 Å². The van der Waals surface area contributed by atoms with E-state index in [-0.39, 0.29) is 11.9 Å². The van der Waals surface area contributed by atoms with Gasteiger partial charge in [-0.15, -0.1) is 0 Å². The summed E-state index contributed by atoms with van der Waals surface area (Å²) in [5.41, 5.74) is 4.43. The van der Waals surface area contributed by atoms with Crippen LogP contribution < -0.4 is 10.6 Å². The maximum absolute atomic E-state index is 12.0. The minimum absolute atomic E-state index is 0.0488. The predicted octanol–water partition coefficient (Wildman–Crippen LogP) is 2.48. The van der Waals surface area contributed by atoms with Crippen LogP contribution in [0.25, 0.3) is 0 Å². The topological polar surface area (TPSA) is 41.1 Å². The van der Waals surface area contributed by atoms with E-state index in [9.17, 15) is 4.79 Å². The highest BCUT2D eigenvalue weighted by atomic mass is 16.1. The van der Waals surface area contributed by atoms with Crippen molar-refractivity contribution in [1.82, 2.24) is 10.6 Å². The molecule has 0 saturated carbocycles. The second-order valence-corrected chi connectivity index (χ2v) is 5.45. The van der Waals surface area contributed by atoms with E-state index in [1.807, 2.05) is 19.2 Å². The number of fused-ring (bicyclic) bond motifs is 1. The molecule has 1 aliphatic heterocycles. The number of hydrogen-bond donors (Lipinski definition) is 2. The van der Waals surface area contributed by atoms with Crippen molar-refractivity contribution in [1.29, 1.82) is 0 Å². The van der Waals surface area contributed by atoms with Gasteiger partial charge in [0, 0.05) is 18.2 Å². The smallest absolute Gasteiger partial charge is 0.251 e. The lowest BCUT2D eigenvalue weighted by Crippen LogP contribution is -2.32. The number of carbonyl (C=O) groups is 1. The Balaban J connectivity index is 1.87. The Labute approximate surface area is 125 Å². The third kappa shape index (κ3) is 2.98. The molecule has 2 aromatic carbocycles. The van der Waals surface area contributed by atoms with Crippen molar-refractivity contribution >= 4 is 5.91 Å². The van der Waals surface area contributed by atoms with Gasteiger partial charge in [0.05, 0.1) is 0 Å². The van der Waals surface area contributed by atoms with Crippen LogP contribution in [-0.2, 0) is 12.8 Å². The quantitative estimate of drug-likeness (QED) is 0.903. The molecule has 0 aromatic heterocycles. The largest absolute Gasteiger partial charge is 0.352 e. The van der Waals surface area contributed by atoms with Crippen molar-refractivity contribution in [3.63, 3.8) is 0 Å². The number of rotatable bonds is 4. The number of benzene rings is 2. The Morgan fingerprint density at radius 2 is 2.00 bits per heavy atom. The van der Waals surface area contributed by atoms with Crippen LogP contribution in [0.15, 0.2) is 48.5 Å². The molecule has 3 nitrogen and oxygen atoms in total. The summed E-state index contributed by atoms with van der Waals surface area (Å²) < 4.78 is 0. The van der Waals surface area contributed by atoms with Gasteiger partial charge in [0.1, 0.15) is 0 Å². The zero-order valence-electron chi connectivity index (χ0n) is 12.2. The highest BCUT2D eigenvalue weighted by Crippen LogP contribution is 2.23. The molecule has 1 aliphatic rings. The van der Waals surface area contributed by atoms with E-state index in [0.29, 0.717) is 0 Å². The number of likely N-dealkylation sites (N-methyl/N-ethyl adjacent to an activating group) is 1. The molecule has 1 heterocycles. The first-order valence-corrected chi connectivity index (χ1v) is 7.40. The van der Waals surface area contributed by atoms with Crippen LogP contribution in [-0.4, -0.2) is 19.5 Å². The first kappa shape index (κ1) is 13.8. The zero-order chi connectivity index (χ0) is 14.7. The standard InChI is InChI=1S/C18H20N2O/c1-19-17(11-13-5-3-2-4-6-13)15-8-7-14-9-10-20-18(21)16(14)12-15/h2-8,12,17,19H,9-11H2,1H3,(H,20,21). The maximum Gasteiger partial charge on any atom is 0.251 e. The molecule has 21 heavy (non-hydrogen) atoms. The SMILES string of the molecule is CNC(Cc1ccccc1)c1ccc2c(c1)C(=O)NCC2. The molecule has 0 aliphatic carbocycles. The van der Waals surface area contributed by atoms with E-state index in [4.69, 9.17) is 0 Å². The summed E-state index contributed by atoms with van der Waals surface area (Å²) >= 11 is 0. The van der Waals surface area contributed by atoms with E-state index in [1.165, 1.54) is 5.56 Å². The van der Waals surface area contributed by atoms with E-state index >= 15 is 0 Å². The normalized spacial score (nSPS) is 15.2. The molecule has 0 fully saturated rings. The first-order chi connectivity index (χ1) is 10.3. The number of carbonyl (C=O) groups excluding carboxylic acids is 1. The Bertz CT molecular complexity index is 637. The van der Waals surface area contributed by atoms with Gasteiger partial charge in [-0.05, 0) is 42.6 Å². The van der Waals surface area contributed by atoms with Gasteiger partial charge in [0.2, 0.25) is 0 Å². The predicted molar refractivity (Wildman–Crippen MR) is 84.4 cm³/mol. The summed E-state index contributed by atoms with van der Waals surface area (Å²) in [5, 5.41) is 6.27. The Morgan fingerprint density at radius 1 is 1.19 bits per heavy atom. The molecule has 0 radical (unpaired) electrons. The maximum atomic E-state index is 12.0. The van der Waals surface area contributed by atoms with Crippen LogP contribution in [0.2, 0.25) is 0 Å². The average Bonchev–Trinajstić information content (AvgIpc) is 2.54. The summed E-state index contributed by atoms with van der Waals surface area (Å²) in [5.74, 6) is 0.0488. The van der Waals surface area contributed by atoms with E-state index in [0.717, 1.165) is 36.1 Å². The fraction of sp³-hybridized carbons (Fsp3) is 0.278. The Kier molecular flexibility index (Phi) is 4.02. The van der Waals surface area contributed by atoms with Crippen LogP contribution >= 0.6 is 0 Å². The van der Waals surface area contributed by atoms with Crippen LogP contribution in [0.3, 0.4) is 0 Å². The average molecular weight is 280 g/mol. The molecule has 1 unspecified atom stereocenters. The minimum atomic E-state index is 0.0488. The molecule has 0 spiro atoms. The lowest BCUT2D eigenvalue weighted by molar-refractivity contribution is 0.0946. The third-order valence-electron chi connectivity index (χ3n) is 4.09. The van der Waals surface area contributed by atoms with E-state index < -0.39 is 0 Å². The second-order valence-electron chi connectivity index (χ2n) is 5.45. The highest BCUT2D eigenvalue weighted by molar-refractivity contribution is 5.96. The van der Waals surface area contributed by atoms with Crippen molar-refractivity contribution in [2.75, 3.05) is 13.6 Å². The summed E-state index contributed by atoms with van der Waals surface area (Å²) in [6.07, 6.45) is 1.84. The number of hydrogen-bond acceptors (Lipinski definition) is 2. The number of amides is 1. The molecule has 0 saturated heterocycles. The van der Waals surface area contributed by atoms with Gasteiger partial charge in [0.25, 0.3) is 5.91 Å². The molecular formula is C18H20N2O. The summed E-state index contributed by atoms with van der Waals surface area (Å²) in [4.78, 5) is 12.0. The van der Waals surface area contributed by atoms with Crippen LogP contribution in [0.1, 0.15) is 33.1 Å². The van der Waals surface area contributed by atoms with Crippen molar-refractivity contribution < 1.29 is 4.79 Å². The molecule has 3 heteroatoms. The molecule has 1 atom stereocenters. The van der Waals surface area contributed by atoms with Crippen molar-refractivity contribution in [2.45, 2.75) is 18.9 Å². The Hall–Kier alpha value is -2.13. The second kappa shape index (κ2) is 6.10.